The number of allylic oxidation sites excluding steroid dienone is 1. The highest BCUT2D eigenvalue weighted by Crippen LogP contribution is 2.16. The topological polar surface area (TPSA) is 67.0 Å². The molecule has 1 N–H and O–H groups in total. The molecule has 0 aliphatic heterocycles. The molecule has 0 radical (unpaired) electrons. The van der Waals surface area contributed by atoms with Crippen molar-refractivity contribution in [3.05, 3.63) is 60.8 Å². The molecule has 0 fully saturated rings. The molecule has 20 heavy (non-hydrogen) atoms. The summed E-state index contributed by atoms with van der Waals surface area (Å²) in [6.07, 6.45) is 4.83. The standard InChI is InChI=1S/C16H16N2O2/c1-12(13-7-2-3-10-18-13)6-4-8-14(19)16(17)15-9-5-11-20-15/h2-3,5,7,9-11,17H,1,4,6,8H2. The number of nitrogens with zero attached hydrogens (tertiary/aromatic N) is 1. The zero-order valence-corrected chi connectivity index (χ0v) is 11.1. The summed E-state index contributed by atoms with van der Waals surface area (Å²) in [6.45, 7) is 3.97. The summed E-state index contributed by atoms with van der Waals surface area (Å²) in [5.41, 5.74) is 1.68. The lowest BCUT2D eigenvalue weighted by atomic mass is 10.0. The van der Waals surface area contributed by atoms with Crippen LogP contribution in [0.2, 0.25) is 0 Å². The number of hydrogen-bond acceptors (Lipinski definition) is 4. The van der Waals surface area contributed by atoms with Gasteiger partial charge in [-0.25, -0.2) is 0 Å². The molecule has 2 aromatic rings. The van der Waals surface area contributed by atoms with Crippen LogP contribution in [0.3, 0.4) is 0 Å². The Hall–Kier alpha value is -2.49. The van der Waals surface area contributed by atoms with E-state index in [1.807, 2.05) is 18.2 Å². The number of furan rings is 1. The first-order valence-electron chi connectivity index (χ1n) is 6.43. The first kappa shape index (κ1) is 13.9. The fourth-order valence-corrected chi connectivity index (χ4v) is 1.85. The van der Waals surface area contributed by atoms with Crippen LogP contribution in [0.4, 0.5) is 0 Å². The van der Waals surface area contributed by atoms with Gasteiger partial charge in [0, 0.05) is 12.6 Å². The molecule has 0 spiro atoms. The van der Waals surface area contributed by atoms with E-state index in [-0.39, 0.29) is 11.5 Å². The Balaban J connectivity index is 1.80. The van der Waals surface area contributed by atoms with Crippen molar-refractivity contribution in [1.82, 2.24) is 4.98 Å². The van der Waals surface area contributed by atoms with Crippen molar-refractivity contribution in [1.29, 1.82) is 5.41 Å². The predicted octanol–water partition coefficient (Wildman–Crippen LogP) is 3.50. The average molecular weight is 268 g/mol. The average Bonchev–Trinajstić information content (AvgIpc) is 3.01. The normalized spacial score (nSPS) is 10.2. The number of ketones is 1. The summed E-state index contributed by atoms with van der Waals surface area (Å²) < 4.78 is 5.04. The number of Topliss-reactive ketones (excluding diaryl/α,β-unsaturated/α-hetero) is 1. The zero-order valence-electron chi connectivity index (χ0n) is 11.1. The van der Waals surface area contributed by atoms with E-state index in [0.717, 1.165) is 11.3 Å². The van der Waals surface area contributed by atoms with E-state index in [9.17, 15) is 4.79 Å². The van der Waals surface area contributed by atoms with Crippen LogP contribution >= 0.6 is 0 Å². The Kier molecular flexibility index (Phi) is 4.60. The van der Waals surface area contributed by atoms with Gasteiger partial charge in [-0.3, -0.25) is 15.2 Å². The number of carbonyl (C=O) groups is 1. The lowest BCUT2D eigenvalue weighted by molar-refractivity contribution is -0.113. The number of pyridine rings is 1. The van der Waals surface area contributed by atoms with E-state index in [1.54, 1.807) is 18.3 Å². The minimum absolute atomic E-state index is 0.0709. The van der Waals surface area contributed by atoms with E-state index in [2.05, 4.69) is 11.6 Å². The maximum Gasteiger partial charge on any atom is 0.184 e. The molecule has 2 rings (SSSR count). The first-order chi connectivity index (χ1) is 9.68. The van der Waals surface area contributed by atoms with Crippen LogP contribution in [-0.2, 0) is 4.79 Å². The van der Waals surface area contributed by atoms with Crippen LogP contribution in [0.25, 0.3) is 5.57 Å². The van der Waals surface area contributed by atoms with Gasteiger partial charge in [0.15, 0.2) is 11.5 Å². The van der Waals surface area contributed by atoms with Crippen LogP contribution in [0.5, 0.6) is 0 Å². The van der Waals surface area contributed by atoms with E-state index in [1.165, 1.54) is 6.26 Å². The number of hydrogen-bond donors (Lipinski definition) is 1. The Morgan fingerprint density at radius 1 is 1.25 bits per heavy atom. The molecule has 0 aromatic carbocycles. The highest BCUT2D eigenvalue weighted by Gasteiger charge is 2.14. The monoisotopic (exact) mass is 268 g/mol. The Bertz CT molecular complexity index is 601. The zero-order chi connectivity index (χ0) is 14.4. The fourth-order valence-electron chi connectivity index (χ4n) is 1.85. The summed E-state index contributed by atoms with van der Waals surface area (Å²) in [7, 11) is 0. The molecule has 0 saturated carbocycles. The van der Waals surface area contributed by atoms with Gasteiger partial charge in [-0.05, 0) is 42.7 Å². The molecule has 0 aliphatic rings. The molecule has 102 valence electrons. The second-order valence-electron chi connectivity index (χ2n) is 4.45. The quantitative estimate of drug-likeness (QED) is 0.781. The molecule has 0 saturated heterocycles. The molecular weight excluding hydrogens is 252 g/mol. The SMILES string of the molecule is C=C(CCCC(=O)C(=N)c1ccco1)c1ccccn1. The molecular formula is C16H16N2O2. The second-order valence-corrected chi connectivity index (χ2v) is 4.45. The van der Waals surface area contributed by atoms with Crippen molar-refractivity contribution in [3.8, 4) is 0 Å². The van der Waals surface area contributed by atoms with Gasteiger partial charge in [0.1, 0.15) is 5.71 Å². The van der Waals surface area contributed by atoms with Gasteiger partial charge >= 0.3 is 0 Å². The fraction of sp³-hybridized carbons (Fsp3) is 0.188. The van der Waals surface area contributed by atoms with Crippen molar-refractivity contribution in [2.24, 2.45) is 0 Å². The van der Waals surface area contributed by atoms with Crippen LogP contribution in [0.1, 0.15) is 30.7 Å². The number of carbonyl (C=O) groups excluding carboxylic acids is 1. The van der Waals surface area contributed by atoms with Gasteiger partial charge in [-0.2, -0.15) is 0 Å². The molecule has 0 aliphatic carbocycles. The molecule has 2 heterocycles. The van der Waals surface area contributed by atoms with E-state index in [0.29, 0.717) is 25.0 Å². The molecule has 0 unspecified atom stereocenters. The summed E-state index contributed by atoms with van der Waals surface area (Å²) in [4.78, 5) is 16.0. The van der Waals surface area contributed by atoms with Gasteiger partial charge in [-0.1, -0.05) is 12.6 Å². The van der Waals surface area contributed by atoms with E-state index < -0.39 is 0 Å². The summed E-state index contributed by atoms with van der Waals surface area (Å²) in [6, 6.07) is 8.94. The Morgan fingerprint density at radius 2 is 2.10 bits per heavy atom. The molecule has 2 aromatic heterocycles. The van der Waals surface area contributed by atoms with Crippen molar-refractivity contribution >= 4 is 17.1 Å². The highest BCUT2D eigenvalue weighted by atomic mass is 16.3. The summed E-state index contributed by atoms with van der Waals surface area (Å²) in [5, 5.41) is 7.72. The molecule has 0 atom stereocenters. The van der Waals surface area contributed by atoms with Crippen LogP contribution in [-0.4, -0.2) is 16.5 Å². The maximum atomic E-state index is 11.8. The van der Waals surface area contributed by atoms with Gasteiger partial charge in [0.05, 0.1) is 12.0 Å². The summed E-state index contributed by atoms with van der Waals surface area (Å²) in [5.74, 6) is 0.104. The van der Waals surface area contributed by atoms with Gasteiger partial charge in [0.25, 0.3) is 0 Å². The van der Waals surface area contributed by atoms with Crippen molar-refractivity contribution in [2.75, 3.05) is 0 Å². The third-order valence-electron chi connectivity index (χ3n) is 2.96. The lowest BCUT2D eigenvalue weighted by Gasteiger charge is -2.04. The molecule has 0 bridgehead atoms. The van der Waals surface area contributed by atoms with E-state index >= 15 is 0 Å². The minimum atomic E-state index is -0.214. The largest absolute Gasteiger partial charge is 0.463 e. The molecule has 0 amide bonds. The third-order valence-corrected chi connectivity index (χ3v) is 2.96. The predicted molar refractivity (Wildman–Crippen MR) is 77.7 cm³/mol. The second kappa shape index (κ2) is 6.61. The smallest absolute Gasteiger partial charge is 0.184 e. The highest BCUT2D eigenvalue weighted by molar-refractivity contribution is 6.44. The number of aromatic nitrogens is 1. The number of nitrogens with one attached hydrogen (secondary N) is 1. The molecule has 4 heteroatoms. The van der Waals surface area contributed by atoms with Gasteiger partial charge in [-0.15, -0.1) is 0 Å². The first-order valence-corrected chi connectivity index (χ1v) is 6.43. The van der Waals surface area contributed by atoms with Crippen LogP contribution in [0.15, 0.2) is 53.8 Å². The summed E-state index contributed by atoms with van der Waals surface area (Å²) >= 11 is 0. The Morgan fingerprint density at radius 3 is 2.75 bits per heavy atom. The van der Waals surface area contributed by atoms with Gasteiger partial charge in [0.2, 0.25) is 0 Å². The van der Waals surface area contributed by atoms with Crippen LogP contribution < -0.4 is 0 Å². The minimum Gasteiger partial charge on any atom is -0.463 e. The van der Waals surface area contributed by atoms with Crippen molar-refractivity contribution in [2.45, 2.75) is 19.3 Å². The van der Waals surface area contributed by atoms with Crippen LogP contribution in [0, 0.1) is 5.41 Å². The third kappa shape index (κ3) is 3.51. The van der Waals surface area contributed by atoms with E-state index in [4.69, 9.17) is 9.83 Å². The maximum absolute atomic E-state index is 11.8. The Labute approximate surface area is 117 Å². The number of rotatable bonds is 7. The van der Waals surface area contributed by atoms with Crippen molar-refractivity contribution < 1.29 is 9.21 Å². The molecule has 4 nitrogen and oxygen atoms in total. The lowest BCUT2D eigenvalue weighted by Crippen LogP contribution is -2.13. The van der Waals surface area contributed by atoms with Gasteiger partial charge < -0.3 is 4.42 Å². The van der Waals surface area contributed by atoms with Crippen molar-refractivity contribution in [3.63, 3.8) is 0 Å².